The molecule has 0 aromatic heterocycles. The van der Waals surface area contributed by atoms with E-state index in [0.29, 0.717) is 13.1 Å². The van der Waals surface area contributed by atoms with Crippen LogP contribution in [0.5, 0.6) is 0 Å². The molecule has 94 valence electrons. The van der Waals surface area contributed by atoms with Gasteiger partial charge in [-0.2, -0.15) is 0 Å². The molecule has 4 heteroatoms. The van der Waals surface area contributed by atoms with Gasteiger partial charge in [-0.25, -0.2) is 8.78 Å². The minimum Gasteiger partial charge on any atom is -0.299 e. The van der Waals surface area contributed by atoms with Crippen LogP contribution < -0.4 is 0 Å². The fourth-order valence-electron chi connectivity index (χ4n) is 2.09. The molecule has 1 heterocycles. The molecule has 0 atom stereocenters. The summed E-state index contributed by atoms with van der Waals surface area (Å²) >= 11 is 2.28. The zero-order valence-electron chi connectivity index (χ0n) is 9.85. The number of piperidine rings is 1. The quantitative estimate of drug-likeness (QED) is 0.732. The van der Waals surface area contributed by atoms with Gasteiger partial charge in [0.15, 0.2) is 0 Å². The van der Waals surface area contributed by atoms with Crippen LogP contribution >= 0.6 is 22.6 Å². The first-order valence-electron chi connectivity index (χ1n) is 5.81. The lowest BCUT2D eigenvalue weighted by Gasteiger charge is -2.32. The topological polar surface area (TPSA) is 3.24 Å². The summed E-state index contributed by atoms with van der Waals surface area (Å²) in [6.45, 7) is 3.86. The van der Waals surface area contributed by atoms with Gasteiger partial charge in [0.1, 0.15) is 0 Å². The predicted molar refractivity (Wildman–Crippen MR) is 73.4 cm³/mol. The Morgan fingerprint density at radius 3 is 2.59 bits per heavy atom. The van der Waals surface area contributed by atoms with Crippen LogP contribution in [0.2, 0.25) is 0 Å². The lowest BCUT2D eigenvalue weighted by molar-refractivity contribution is -0.0566. The average molecular weight is 351 g/mol. The van der Waals surface area contributed by atoms with Crippen LogP contribution in [0.3, 0.4) is 0 Å². The Kier molecular flexibility index (Phi) is 4.02. The van der Waals surface area contributed by atoms with Gasteiger partial charge in [0.25, 0.3) is 5.92 Å². The number of rotatable bonds is 2. The van der Waals surface area contributed by atoms with Crippen LogP contribution in [0.15, 0.2) is 18.2 Å². The van der Waals surface area contributed by atoms with E-state index in [1.165, 1.54) is 14.7 Å². The van der Waals surface area contributed by atoms with E-state index in [1.807, 2.05) is 0 Å². The number of nitrogens with zero attached hydrogens (tertiary/aromatic N) is 1. The largest absolute Gasteiger partial charge is 0.299 e. The molecule has 0 spiro atoms. The molecule has 0 unspecified atom stereocenters. The third-order valence-electron chi connectivity index (χ3n) is 3.29. The van der Waals surface area contributed by atoms with Crippen LogP contribution in [0, 0.1) is 10.5 Å². The Bertz CT molecular complexity index is 396. The van der Waals surface area contributed by atoms with Crippen molar-refractivity contribution in [1.82, 2.24) is 4.90 Å². The number of hydrogen-bond acceptors (Lipinski definition) is 1. The predicted octanol–water partition coefficient (Wildman–Crippen LogP) is 3.83. The van der Waals surface area contributed by atoms with Crippen molar-refractivity contribution in [1.29, 1.82) is 0 Å². The van der Waals surface area contributed by atoms with Gasteiger partial charge in [0, 0.05) is 36.0 Å². The molecule has 0 radical (unpaired) electrons. The van der Waals surface area contributed by atoms with Gasteiger partial charge in [0.05, 0.1) is 0 Å². The third-order valence-corrected chi connectivity index (χ3v) is 3.96. The van der Waals surface area contributed by atoms with Crippen molar-refractivity contribution in [2.24, 2.45) is 0 Å². The summed E-state index contributed by atoms with van der Waals surface area (Å²) in [6.07, 6.45) is -0.00799. The summed E-state index contributed by atoms with van der Waals surface area (Å²) in [6, 6.07) is 6.31. The second kappa shape index (κ2) is 5.18. The lowest BCUT2D eigenvalue weighted by Crippen LogP contribution is -2.38. The summed E-state index contributed by atoms with van der Waals surface area (Å²) in [5, 5.41) is 0. The highest BCUT2D eigenvalue weighted by molar-refractivity contribution is 14.1. The van der Waals surface area contributed by atoms with Crippen molar-refractivity contribution >= 4 is 22.6 Å². The molecule has 1 nitrogen and oxygen atoms in total. The molecule has 0 aliphatic carbocycles. The fraction of sp³-hybridized carbons (Fsp3) is 0.538. The first kappa shape index (κ1) is 13.2. The second-order valence-corrected chi connectivity index (χ2v) is 5.95. The maximum absolute atomic E-state index is 13.0. The summed E-state index contributed by atoms with van der Waals surface area (Å²) < 4.78 is 27.3. The van der Waals surface area contributed by atoms with Crippen molar-refractivity contribution in [3.05, 3.63) is 32.9 Å². The van der Waals surface area contributed by atoms with E-state index in [1.54, 1.807) is 0 Å². The Morgan fingerprint density at radius 1 is 1.29 bits per heavy atom. The molecule has 1 saturated heterocycles. The highest BCUT2D eigenvalue weighted by Gasteiger charge is 2.33. The van der Waals surface area contributed by atoms with Gasteiger partial charge < -0.3 is 0 Å². The average Bonchev–Trinajstić information content (AvgIpc) is 2.26. The molecule has 1 fully saturated rings. The van der Waals surface area contributed by atoms with Gasteiger partial charge in [-0.05, 0) is 52.8 Å². The molecule has 0 bridgehead atoms. The molecule has 1 aliphatic heterocycles. The molecular formula is C13H16F2IN. The molecule has 0 saturated carbocycles. The van der Waals surface area contributed by atoms with E-state index >= 15 is 0 Å². The maximum atomic E-state index is 13.0. The molecule has 17 heavy (non-hydrogen) atoms. The number of benzene rings is 1. The normalized spacial score (nSPS) is 20.5. The summed E-state index contributed by atoms with van der Waals surface area (Å²) in [5.74, 6) is -2.45. The Balaban J connectivity index is 2.00. The molecule has 1 aliphatic rings. The zero-order chi connectivity index (χ0) is 12.5. The van der Waals surface area contributed by atoms with E-state index in [0.717, 1.165) is 6.54 Å². The monoisotopic (exact) mass is 351 g/mol. The number of aryl methyl sites for hydroxylation is 1. The summed E-state index contributed by atoms with van der Waals surface area (Å²) in [7, 11) is 0. The lowest BCUT2D eigenvalue weighted by atomic mass is 10.0. The van der Waals surface area contributed by atoms with Crippen molar-refractivity contribution < 1.29 is 8.78 Å². The van der Waals surface area contributed by atoms with Crippen molar-refractivity contribution in [2.45, 2.75) is 32.2 Å². The highest BCUT2D eigenvalue weighted by atomic mass is 127. The van der Waals surface area contributed by atoms with E-state index in [4.69, 9.17) is 0 Å². The zero-order valence-corrected chi connectivity index (χ0v) is 12.0. The van der Waals surface area contributed by atoms with E-state index in [-0.39, 0.29) is 12.8 Å². The Hall–Kier alpha value is -0.230. The van der Waals surface area contributed by atoms with Gasteiger partial charge in [-0.15, -0.1) is 0 Å². The van der Waals surface area contributed by atoms with Crippen LogP contribution in [-0.2, 0) is 6.54 Å². The van der Waals surface area contributed by atoms with Crippen LogP contribution in [-0.4, -0.2) is 23.9 Å². The van der Waals surface area contributed by atoms with Gasteiger partial charge in [-0.3, -0.25) is 4.90 Å². The van der Waals surface area contributed by atoms with E-state index in [9.17, 15) is 8.78 Å². The van der Waals surface area contributed by atoms with Crippen LogP contribution in [0.1, 0.15) is 24.0 Å². The Labute approximate surface area is 114 Å². The Morgan fingerprint density at radius 2 is 1.94 bits per heavy atom. The molecule has 0 amide bonds. The number of alkyl halides is 2. The van der Waals surface area contributed by atoms with Crippen LogP contribution in [0.25, 0.3) is 0 Å². The standard InChI is InChI=1S/C13H16F2IN/c1-10-2-3-12(16)8-11(10)9-17-6-4-13(14,15)5-7-17/h2-3,8H,4-7,9H2,1H3. The molecule has 2 rings (SSSR count). The maximum Gasteiger partial charge on any atom is 0.250 e. The summed E-state index contributed by atoms with van der Waals surface area (Å²) in [4.78, 5) is 2.12. The van der Waals surface area contributed by atoms with Gasteiger partial charge in [-0.1, -0.05) is 6.07 Å². The number of hydrogen-bond donors (Lipinski definition) is 0. The minimum atomic E-state index is -2.45. The molecule has 0 N–H and O–H groups in total. The third kappa shape index (κ3) is 3.61. The summed E-state index contributed by atoms with van der Waals surface area (Å²) in [5.41, 5.74) is 2.49. The van der Waals surface area contributed by atoms with Crippen molar-refractivity contribution in [3.63, 3.8) is 0 Å². The number of halogens is 3. The van der Waals surface area contributed by atoms with Crippen molar-refractivity contribution in [3.8, 4) is 0 Å². The van der Waals surface area contributed by atoms with E-state index in [2.05, 4.69) is 52.6 Å². The van der Waals surface area contributed by atoms with E-state index < -0.39 is 5.92 Å². The smallest absolute Gasteiger partial charge is 0.250 e. The molecule has 1 aromatic carbocycles. The van der Waals surface area contributed by atoms with Gasteiger partial charge in [0.2, 0.25) is 0 Å². The van der Waals surface area contributed by atoms with Gasteiger partial charge >= 0.3 is 0 Å². The minimum absolute atomic E-state index is 0.00399. The SMILES string of the molecule is Cc1ccc(I)cc1CN1CCC(F)(F)CC1. The van der Waals surface area contributed by atoms with Crippen molar-refractivity contribution in [2.75, 3.05) is 13.1 Å². The van der Waals surface area contributed by atoms with Crippen LogP contribution in [0.4, 0.5) is 8.78 Å². The highest BCUT2D eigenvalue weighted by Crippen LogP contribution is 2.28. The first-order chi connectivity index (χ1) is 7.96. The second-order valence-electron chi connectivity index (χ2n) is 4.70. The number of likely N-dealkylation sites (tertiary alicyclic amines) is 1. The molecule has 1 aromatic rings. The fourth-order valence-corrected chi connectivity index (χ4v) is 2.65. The first-order valence-corrected chi connectivity index (χ1v) is 6.89. The molecular weight excluding hydrogens is 335 g/mol.